The molecule has 6 heteroatoms. The molecule has 0 aliphatic carbocycles. The number of aromatic nitrogens is 2. The van der Waals surface area contributed by atoms with Gasteiger partial charge in [0.1, 0.15) is 5.76 Å². The monoisotopic (exact) mass is 333 g/mol. The predicted octanol–water partition coefficient (Wildman–Crippen LogP) is 3.40. The van der Waals surface area contributed by atoms with Crippen LogP contribution in [0.15, 0.2) is 10.7 Å². The molecule has 0 saturated carbocycles. The number of piperidine rings is 1. The van der Waals surface area contributed by atoms with Gasteiger partial charge in [-0.3, -0.25) is 4.79 Å². The first-order valence-electron chi connectivity index (χ1n) is 8.16. The summed E-state index contributed by atoms with van der Waals surface area (Å²) in [6.45, 7) is 7.57. The van der Waals surface area contributed by atoms with Crippen LogP contribution in [0.1, 0.15) is 52.1 Å². The highest BCUT2D eigenvalue weighted by Crippen LogP contribution is 2.30. The predicted molar refractivity (Wildman–Crippen MR) is 89.7 cm³/mol. The number of carbonyl (C=O) groups is 1. The van der Waals surface area contributed by atoms with Gasteiger partial charge in [0.2, 0.25) is 5.91 Å². The Kier molecular flexibility index (Phi) is 4.80. The topological polar surface area (TPSA) is 59.2 Å². The van der Waals surface area contributed by atoms with Gasteiger partial charge in [-0.15, -0.1) is 11.3 Å². The SMILES string of the molecule is Cc1cnc(C2CCCN(C(=O)CCc3c(C)noc3C)C2)s1. The third-order valence-corrected chi connectivity index (χ3v) is 5.61. The number of carbonyl (C=O) groups excluding carboxylic acids is 1. The van der Waals surface area contributed by atoms with Gasteiger partial charge in [-0.2, -0.15) is 0 Å². The third kappa shape index (κ3) is 3.63. The molecule has 0 spiro atoms. The van der Waals surface area contributed by atoms with Crippen molar-refractivity contribution in [1.29, 1.82) is 0 Å². The van der Waals surface area contributed by atoms with Crippen molar-refractivity contribution in [1.82, 2.24) is 15.0 Å². The molecule has 1 fully saturated rings. The minimum atomic E-state index is 0.225. The van der Waals surface area contributed by atoms with E-state index in [1.807, 2.05) is 24.9 Å². The van der Waals surface area contributed by atoms with Crippen LogP contribution < -0.4 is 0 Å². The highest BCUT2D eigenvalue weighted by atomic mass is 32.1. The first-order valence-corrected chi connectivity index (χ1v) is 8.98. The fraction of sp³-hybridized carbons (Fsp3) is 0.588. The van der Waals surface area contributed by atoms with Crippen LogP contribution in [0, 0.1) is 20.8 Å². The van der Waals surface area contributed by atoms with E-state index >= 15 is 0 Å². The van der Waals surface area contributed by atoms with Crippen molar-refractivity contribution in [2.24, 2.45) is 0 Å². The summed E-state index contributed by atoms with van der Waals surface area (Å²) in [6.07, 6.45) is 5.34. The van der Waals surface area contributed by atoms with Gasteiger partial charge in [0.25, 0.3) is 0 Å². The Bertz CT molecular complexity index is 672. The third-order valence-electron chi connectivity index (χ3n) is 4.53. The molecule has 2 aromatic rings. The van der Waals surface area contributed by atoms with E-state index in [1.165, 1.54) is 9.88 Å². The van der Waals surface area contributed by atoms with Crippen LogP contribution in [0.25, 0.3) is 0 Å². The first-order chi connectivity index (χ1) is 11.0. The van der Waals surface area contributed by atoms with Gasteiger partial charge < -0.3 is 9.42 Å². The lowest BCUT2D eigenvalue weighted by Crippen LogP contribution is -2.39. The van der Waals surface area contributed by atoms with E-state index in [0.29, 0.717) is 18.8 Å². The molecular formula is C17H23N3O2S. The molecule has 3 rings (SSSR count). The second-order valence-electron chi connectivity index (χ2n) is 6.29. The average molecular weight is 333 g/mol. The van der Waals surface area contributed by atoms with Crippen LogP contribution in [0.2, 0.25) is 0 Å². The summed E-state index contributed by atoms with van der Waals surface area (Å²) < 4.78 is 5.17. The Labute approximate surface area is 140 Å². The molecule has 0 radical (unpaired) electrons. The van der Waals surface area contributed by atoms with E-state index in [4.69, 9.17) is 4.52 Å². The fourth-order valence-electron chi connectivity index (χ4n) is 3.22. The van der Waals surface area contributed by atoms with Crippen molar-refractivity contribution in [3.8, 4) is 0 Å². The van der Waals surface area contributed by atoms with Crippen molar-refractivity contribution in [2.75, 3.05) is 13.1 Å². The number of likely N-dealkylation sites (tertiary alicyclic amines) is 1. The first kappa shape index (κ1) is 16.2. The van der Waals surface area contributed by atoms with E-state index < -0.39 is 0 Å². The van der Waals surface area contributed by atoms with E-state index in [1.54, 1.807) is 11.3 Å². The van der Waals surface area contributed by atoms with E-state index in [9.17, 15) is 4.79 Å². The number of nitrogens with zero attached hydrogens (tertiary/aromatic N) is 3. The summed E-state index contributed by atoms with van der Waals surface area (Å²) in [5.74, 6) is 1.44. The number of hydrogen-bond acceptors (Lipinski definition) is 5. The van der Waals surface area contributed by atoms with E-state index in [2.05, 4.69) is 17.1 Å². The van der Waals surface area contributed by atoms with Crippen molar-refractivity contribution in [2.45, 2.75) is 52.4 Å². The van der Waals surface area contributed by atoms with Crippen molar-refractivity contribution >= 4 is 17.2 Å². The number of aryl methyl sites for hydroxylation is 3. The summed E-state index contributed by atoms with van der Waals surface area (Å²) in [6, 6.07) is 0. The van der Waals surface area contributed by atoms with Gasteiger partial charge in [-0.05, 0) is 40.0 Å². The smallest absolute Gasteiger partial charge is 0.222 e. The Balaban J connectivity index is 1.59. The summed E-state index contributed by atoms with van der Waals surface area (Å²) in [7, 11) is 0. The van der Waals surface area contributed by atoms with E-state index in [-0.39, 0.29) is 5.91 Å². The van der Waals surface area contributed by atoms with Crippen LogP contribution >= 0.6 is 11.3 Å². The molecule has 1 atom stereocenters. The summed E-state index contributed by atoms with van der Waals surface area (Å²) in [4.78, 5) is 20.3. The van der Waals surface area contributed by atoms with Crippen molar-refractivity contribution in [3.63, 3.8) is 0 Å². The second-order valence-corrected chi connectivity index (χ2v) is 7.56. The average Bonchev–Trinajstić information content (AvgIpc) is 3.12. The second kappa shape index (κ2) is 6.83. The Morgan fingerprint density at radius 2 is 2.26 bits per heavy atom. The molecule has 2 aromatic heterocycles. The van der Waals surface area contributed by atoms with Crippen LogP contribution in [0.4, 0.5) is 0 Å². The normalized spacial score (nSPS) is 18.4. The lowest BCUT2D eigenvalue weighted by Gasteiger charge is -2.32. The lowest BCUT2D eigenvalue weighted by molar-refractivity contribution is -0.132. The summed E-state index contributed by atoms with van der Waals surface area (Å²) >= 11 is 1.75. The zero-order valence-electron chi connectivity index (χ0n) is 14.0. The van der Waals surface area contributed by atoms with Gasteiger partial charge in [0.05, 0.1) is 10.7 Å². The molecule has 0 aromatic carbocycles. The molecule has 0 N–H and O–H groups in total. The molecule has 1 unspecified atom stereocenters. The molecule has 1 amide bonds. The molecular weight excluding hydrogens is 310 g/mol. The molecule has 1 aliphatic rings. The fourth-order valence-corrected chi connectivity index (χ4v) is 4.11. The Hall–Kier alpha value is -1.69. The largest absolute Gasteiger partial charge is 0.361 e. The van der Waals surface area contributed by atoms with Gasteiger partial charge in [0.15, 0.2) is 0 Å². The number of rotatable bonds is 4. The van der Waals surface area contributed by atoms with Gasteiger partial charge >= 0.3 is 0 Å². The number of hydrogen-bond donors (Lipinski definition) is 0. The van der Waals surface area contributed by atoms with Crippen LogP contribution in [0.5, 0.6) is 0 Å². The maximum atomic E-state index is 12.6. The lowest BCUT2D eigenvalue weighted by atomic mass is 9.98. The van der Waals surface area contributed by atoms with Crippen molar-refractivity contribution in [3.05, 3.63) is 33.1 Å². The maximum absolute atomic E-state index is 12.6. The quantitative estimate of drug-likeness (QED) is 0.860. The molecule has 23 heavy (non-hydrogen) atoms. The highest BCUT2D eigenvalue weighted by Gasteiger charge is 2.26. The minimum Gasteiger partial charge on any atom is -0.361 e. The molecule has 3 heterocycles. The van der Waals surface area contributed by atoms with Gasteiger partial charge in [0, 0.05) is 42.1 Å². The summed E-state index contributed by atoms with van der Waals surface area (Å²) in [5, 5.41) is 5.13. The van der Waals surface area contributed by atoms with Gasteiger partial charge in [-0.25, -0.2) is 4.98 Å². The van der Waals surface area contributed by atoms with Crippen molar-refractivity contribution < 1.29 is 9.32 Å². The Morgan fingerprint density at radius 1 is 1.43 bits per heavy atom. The minimum absolute atomic E-state index is 0.225. The van der Waals surface area contributed by atoms with Crippen LogP contribution in [-0.2, 0) is 11.2 Å². The summed E-state index contributed by atoms with van der Waals surface area (Å²) in [5.41, 5.74) is 1.97. The number of amides is 1. The van der Waals surface area contributed by atoms with E-state index in [0.717, 1.165) is 42.9 Å². The zero-order valence-corrected chi connectivity index (χ0v) is 14.8. The highest BCUT2D eigenvalue weighted by molar-refractivity contribution is 7.11. The maximum Gasteiger partial charge on any atom is 0.222 e. The molecule has 1 saturated heterocycles. The molecule has 0 bridgehead atoms. The van der Waals surface area contributed by atoms with Crippen LogP contribution in [-0.4, -0.2) is 34.0 Å². The van der Waals surface area contributed by atoms with Crippen LogP contribution in [0.3, 0.4) is 0 Å². The standard InChI is InChI=1S/C17H23N3O2S/c1-11-9-18-17(23-11)14-5-4-8-20(10-14)16(21)7-6-15-12(2)19-22-13(15)3/h9,14H,4-8,10H2,1-3H3. The molecule has 5 nitrogen and oxygen atoms in total. The molecule has 124 valence electrons. The molecule has 1 aliphatic heterocycles. The number of thiazole rings is 1. The van der Waals surface area contributed by atoms with Gasteiger partial charge in [-0.1, -0.05) is 5.16 Å². The zero-order chi connectivity index (χ0) is 16.4. The Morgan fingerprint density at radius 3 is 2.91 bits per heavy atom.